The summed E-state index contributed by atoms with van der Waals surface area (Å²) < 4.78 is 5.55. The van der Waals surface area contributed by atoms with Gasteiger partial charge in [0.1, 0.15) is 11.5 Å². The van der Waals surface area contributed by atoms with Crippen LogP contribution in [0.2, 0.25) is 5.02 Å². The molecule has 0 spiro atoms. The van der Waals surface area contributed by atoms with Gasteiger partial charge in [0.2, 0.25) is 0 Å². The third-order valence-electron chi connectivity index (χ3n) is 2.55. The van der Waals surface area contributed by atoms with Crippen LogP contribution in [0.4, 0.5) is 0 Å². The largest absolute Gasteiger partial charge is 0.506 e. The number of aryl methyl sites for hydroxylation is 1. The van der Waals surface area contributed by atoms with Gasteiger partial charge < -0.3 is 9.84 Å². The molecule has 0 saturated carbocycles. The number of phenolic OH excluding ortho intramolecular Hbond substituents is 1. The Morgan fingerprint density at radius 1 is 1.17 bits per heavy atom. The van der Waals surface area contributed by atoms with Crippen molar-refractivity contribution in [3.05, 3.63) is 53.3 Å². The van der Waals surface area contributed by atoms with Gasteiger partial charge in [0.15, 0.2) is 0 Å². The SMILES string of the molecule is Oc1ccc(OCCCc2ccncc2)cc1Cl. The van der Waals surface area contributed by atoms with Gasteiger partial charge >= 0.3 is 0 Å². The van der Waals surface area contributed by atoms with Crippen molar-refractivity contribution in [2.45, 2.75) is 12.8 Å². The van der Waals surface area contributed by atoms with Gasteiger partial charge in [-0.25, -0.2) is 0 Å². The highest BCUT2D eigenvalue weighted by Crippen LogP contribution is 2.27. The molecule has 0 radical (unpaired) electrons. The van der Waals surface area contributed by atoms with E-state index in [1.807, 2.05) is 12.1 Å². The molecule has 0 atom stereocenters. The topological polar surface area (TPSA) is 42.4 Å². The summed E-state index contributed by atoms with van der Waals surface area (Å²) >= 11 is 5.79. The molecule has 1 heterocycles. The maximum absolute atomic E-state index is 9.27. The number of phenols is 1. The van der Waals surface area contributed by atoms with Crippen LogP contribution in [0.5, 0.6) is 11.5 Å². The molecule has 18 heavy (non-hydrogen) atoms. The standard InChI is InChI=1S/C14H14ClNO2/c15-13-10-12(3-4-14(13)17)18-9-1-2-11-5-7-16-8-6-11/h3-8,10,17H,1-2,9H2. The zero-order chi connectivity index (χ0) is 12.8. The van der Waals surface area contributed by atoms with Gasteiger partial charge in [0.05, 0.1) is 11.6 Å². The Morgan fingerprint density at radius 2 is 1.94 bits per heavy atom. The molecular formula is C14H14ClNO2. The number of rotatable bonds is 5. The van der Waals surface area contributed by atoms with E-state index in [0.29, 0.717) is 17.4 Å². The molecule has 0 aliphatic rings. The fourth-order valence-electron chi connectivity index (χ4n) is 1.59. The van der Waals surface area contributed by atoms with E-state index in [2.05, 4.69) is 4.98 Å². The second kappa shape index (κ2) is 6.26. The van der Waals surface area contributed by atoms with E-state index in [0.717, 1.165) is 12.8 Å². The molecule has 94 valence electrons. The number of aromatic hydroxyl groups is 1. The number of nitrogens with zero attached hydrogens (tertiary/aromatic N) is 1. The third-order valence-corrected chi connectivity index (χ3v) is 2.85. The molecule has 0 amide bonds. The summed E-state index contributed by atoms with van der Waals surface area (Å²) in [7, 11) is 0. The Hall–Kier alpha value is -1.74. The smallest absolute Gasteiger partial charge is 0.134 e. The fourth-order valence-corrected chi connectivity index (χ4v) is 1.76. The normalized spacial score (nSPS) is 10.3. The molecule has 4 heteroatoms. The first kappa shape index (κ1) is 12.7. The highest BCUT2D eigenvalue weighted by atomic mass is 35.5. The monoisotopic (exact) mass is 263 g/mol. The highest BCUT2D eigenvalue weighted by molar-refractivity contribution is 6.32. The molecule has 0 fully saturated rings. The molecule has 3 nitrogen and oxygen atoms in total. The Bertz CT molecular complexity index is 502. The van der Waals surface area contributed by atoms with Gasteiger partial charge in [-0.05, 0) is 42.7 Å². The molecule has 0 aliphatic heterocycles. The highest BCUT2D eigenvalue weighted by Gasteiger charge is 2.00. The van der Waals surface area contributed by atoms with Crippen LogP contribution >= 0.6 is 11.6 Å². The van der Waals surface area contributed by atoms with Gasteiger partial charge in [0, 0.05) is 18.5 Å². The van der Waals surface area contributed by atoms with Gasteiger partial charge in [-0.1, -0.05) is 11.6 Å². The fraction of sp³-hybridized carbons (Fsp3) is 0.214. The first-order valence-corrected chi connectivity index (χ1v) is 6.14. The van der Waals surface area contributed by atoms with Crippen LogP contribution in [-0.4, -0.2) is 16.7 Å². The predicted octanol–water partition coefficient (Wildman–Crippen LogP) is 3.45. The van der Waals surface area contributed by atoms with E-state index in [1.165, 1.54) is 11.6 Å². The summed E-state index contributed by atoms with van der Waals surface area (Å²) in [5.41, 5.74) is 1.25. The van der Waals surface area contributed by atoms with Crippen molar-refractivity contribution in [2.24, 2.45) is 0 Å². The average Bonchev–Trinajstić information content (AvgIpc) is 2.40. The quantitative estimate of drug-likeness (QED) is 0.840. The number of hydrogen-bond acceptors (Lipinski definition) is 3. The molecule has 0 aliphatic carbocycles. The van der Waals surface area contributed by atoms with Crippen LogP contribution in [0.1, 0.15) is 12.0 Å². The van der Waals surface area contributed by atoms with E-state index in [-0.39, 0.29) is 5.75 Å². The summed E-state index contributed by atoms with van der Waals surface area (Å²) in [6.07, 6.45) is 5.45. The van der Waals surface area contributed by atoms with Crippen LogP contribution in [0.3, 0.4) is 0 Å². The van der Waals surface area contributed by atoms with Gasteiger partial charge in [-0.3, -0.25) is 4.98 Å². The summed E-state index contributed by atoms with van der Waals surface area (Å²) in [4.78, 5) is 3.97. The Kier molecular flexibility index (Phi) is 4.42. The van der Waals surface area contributed by atoms with Crippen LogP contribution in [0.25, 0.3) is 0 Å². The number of ether oxygens (including phenoxy) is 1. The van der Waals surface area contributed by atoms with Crippen molar-refractivity contribution < 1.29 is 9.84 Å². The average molecular weight is 264 g/mol. The summed E-state index contributed by atoms with van der Waals surface area (Å²) in [6.45, 7) is 0.615. The maximum atomic E-state index is 9.27. The number of aromatic nitrogens is 1. The molecule has 2 aromatic rings. The van der Waals surface area contributed by atoms with Crippen molar-refractivity contribution >= 4 is 11.6 Å². The number of pyridine rings is 1. The number of benzene rings is 1. The Labute approximate surface area is 111 Å². The third kappa shape index (κ3) is 3.64. The van der Waals surface area contributed by atoms with Crippen molar-refractivity contribution in [2.75, 3.05) is 6.61 Å². The minimum Gasteiger partial charge on any atom is -0.506 e. The van der Waals surface area contributed by atoms with E-state index < -0.39 is 0 Å². The lowest BCUT2D eigenvalue weighted by molar-refractivity contribution is 0.310. The van der Waals surface area contributed by atoms with E-state index in [1.54, 1.807) is 24.5 Å². The molecule has 0 bridgehead atoms. The van der Waals surface area contributed by atoms with Crippen molar-refractivity contribution in [3.63, 3.8) is 0 Å². The van der Waals surface area contributed by atoms with Gasteiger partial charge in [0.25, 0.3) is 0 Å². The molecule has 1 aromatic heterocycles. The summed E-state index contributed by atoms with van der Waals surface area (Å²) in [6, 6.07) is 8.84. The maximum Gasteiger partial charge on any atom is 0.134 e. The number of halogens is 1. The van der Waals surface area contributed by atoms with Gasteiger partial charge in [-0.15, -0.1) is 0 Å². The predicted molar refractivity (Wildman–Crippen MR) is 71.2 cm³/mol. The first-order chi connectivity index (χ1) is 8.75. The lowest BCUT2D eigenvalue weighted by Gasteiger charge is -2.07. The minimum absolute atomic E-state index is 0.0702. The number of hydrogen-bond donors (Lipinski definition) is 1. The van der Waals surface area contributed by atoms with Crippen LogP contribution < -0.4 is 4.74 Å². The summed E-state index contributed by atoms with van der Waals surface area (Å²) in [5.74, 6) is 0.744. The Balaban J connectivity index is 1.77. The minimum atomic E-state index is 0.0702. The van der Waals surface area contributed by atoms with Crippen molar-refractivity contribution in [3.8, 4) is 11.5 Å². The van der Waals surface area contributed by atoms with E-state index in [9.17, 15) is 5.11 Å². The molecular weight excluding hydrogens is 250 g/mol. The first-order valence-electron chi connectivity index (χ1n) is 5.76. The van der Waals surface area contributed by atoms with Crippen LogP contribution in [-0.2, 0) is 6.42 Å². The van der Waals surface area contributed by atoms with Gasteiger partial charge in [-0.2, -0.15) is 0 Å². The Morgan fingerprint density at radius 3 is 2.67 bits per heavy atom. The van der Waals surface area contributed by atoms with Crippen LogP contribution in [0.15, 0.2) is 42.7 Å². The lowest BCUT2D eigenvalue weighted by Crippen LogP contribution is -1.99. The zero-order valence-electron chi connectivity index (χ0n) is 9.84. The lowest BCUT2D eigenvalue weighted by atomic mass is 10.1. The second-order valence-electron chi connectivity index (χ2n) is 3.92. The molecule has 2 rings (SSSR count). The molecule has 1 N–H and O–H groups in total. The zero-order valence-corrected chi connectivity index (χ0v) is 10.6. The van der Waals surface area contributed by atoms with Crippen LogP contribution in [0, 0.1) is 0 Å². The van der Waals surface area contributed by atoms with E-state index in [4.69, 9.17) is 16.3 Å². The van der Waals surface area contributed by atoms with Crippen molar-refractivity contribution in [1.29, 1.82) is 0 Å². The van der Waals surface area contributed by atoms with E-state index >= 15 is 0 Å². The molecule has 0 saturated heterocycles. The molecule has 1 aromatic carbocycles. The molecule has 0 unspecified atom stereocenters. The second-order valence-corrected chi connectivity index (χ2v) is 4.33. The summed E-state index contributed by atoms with van der Waals surface area (Å²) in [5, 5.41) is 9.58. The van der Waals surface area contributed by atoms with Crippen molar-refractivity contribution in [1.82, 2.24) is 4.98 Å².